The summed E-state index contributed by atoms with van der Waals surface area (Å²) in [5, 5.41) is 8.82. The van der Waals surface area contributed by atoms with Gasteiger partial charge in [0.05, 0.1) is 36.8 Å². The fourth-order valence-electron chi connectivity index (χ4n) is 6.10. The van der Waals surface area contributed by atoms with E-state index in [4.69, 9.17) is 4.74 Å². The van der Waals surface area contributed by atoms with Crippen LogP contribution in [0.2, 0.25) is 0 Å². The molecule has 0 radical (unpaired) electrons. The smallest absolute Gasteiger partial charge is 0.256 e. The Bertz CT molecular complexity index is 1670. The molecule has 228 valence electrons. The Morgan fingerprint density at radius 3 is 2.57 bits per heavy atom. The normalized spacial score (nSPS) is 20.9. The Morgan fingerprint density at radius 2 is 1.82 bits per heavy atom. The van der Waals surface area contributed by atoms with Crippen molar-refractivity contribution in [2.75, 3.05) is 50.0 Å². The summed E-state index contributed by atoms with van der Waals surface area (Å²) in [6.45, 7) is 6.69. The van der Waals surface area contributed by atoms with Gasteiger partial charge in [0.15, 0.2) is 5.78 Å². The van der Waals surface area contributed by atoms with Crippen LogP contribution in [0.15, 0.2) is 42.5 Å². The Balaban J connectivity index is 1.16. The molecule has 3 amide bonds. The van der Waals surface area contributed by atoms with Gasteiger partial charge in [0.2, 0.25) is 11.8 Å². The van der Waals surface area contributed by atoms with E-state index in [0.717, 1.165) is 22.5 Å². The van der Waals surface area contributed by atoms with E-state index in [-0.39, 0.29) is 36.4 Å². The minimum atomic E-state index is -0.916. The number of aromatic nitrogens is 1. The van der Waals surface area contributed by atoms with Gasteiger partial charge in [0.1, 0.15) is 11.7 Å². The van der Waals surface area contributed by atoms with E-state index in [1.807, 2.05) is 18.7 Å². The van der Waals surface area contributed by atoms with Gasteiger partial charge >= 0.3 is 0 Å². The first-order valence-corrected chi connectivity index (χ1v) is 14.7. The van der Waals surface area contributed by atoms with Crippen molar-refractivity contribution >= 4 is 46.5 Å². The number of aryl methyl sites for hydroxylation is 1. The van der Waals surface area contributed by atoms with Crippen LogP contribution in [0.4, 0.5) is 15.8 Å². The van der Waals surface area contributed by atoms with E-state index in [2.05, 4.69) is 20.9 Å². The molecule has 11 heteroatoms. The standard InChI is InChI=1S/C33H34FN5O5/c1-18-24(15-30(40)39-9-11-44-12-10-39)19(2)36-28(18)14-25-23-8-7-22(13-29(23)38-32(25)42)37-33(43)27-17-35-16-26(31(27)41)20-3-5-21(34)6-4-20/h3-8,13-14,26-27,35-36H,9-12,15-17H2,1-2H3,(H,37,43)(H,38,42)/b25-14-. The number of hydrogen-bond donors (Lipinski definition) is 4. The fourth-order valence-corrected chi connectivity index (χ4v) is 6.10. The first-order chi connectivity index (χ1) is 21.2. The number of fused-ring (bicyclic) bond motifs is 1. The quantitative estimate of drug-likeness (QED) is 0.254. The second kappa shape index (κ2) is 12.2. The van der Waals surface area contributed by atoms with Gasteiger partial charge in [0.25, 0.3) is 5.91 Å². The molecule has 6 rings (SSSR count). The molecule has 2 saturated heterocycles. The molecule has 3 aliphatic heterocycles. The van der Waals surface area contributed by atoms with Crippen LogP contribution < -0.4 is 16.0 Å². The summed E-state index contributed by atoms with van der Waals surface area (Å²) in [5.74, 6) is -2.77. The van der Waals surface area contributed by atoms with Crippen LogP contribution in [0.1, 0.15) is 39.6 Å². The number of ketones is 1. The minimum absolute atomic E-state index is 0.0490. The molecule has 0 aliphatic carbocycles. The van der Waals surface area contributed by atoms with Crippen molar-refractivity contribution < 1.29 is 28.3 Å². The molecule has 0 spiro atoms. The highest BCUT2D eigenvalue weighted by molar-refractivity contribution is 6.35. The second-order valence-electron chi connectivity index (χ2n) is 11.4. The highest BCUT2D eigenvalue weighted by Gasteiger charge is 2.37. The number of carbonyl (C=O) groups is 4. The number of benzene rings is 2. The maximum atomic E-state index is 13.4. The maximum Gasteiger partial charge on any atom is 0.256 e. The number of ether oxygens (including phenoxy) is 1. The van der Waals surface area contributed by atoms with Crippen LogP contribution in [0.3, 0.4) is 0 Å². The first-order valence-electron chi connectivity index (χ1n) is 14.7. The number of hydrogen-bond acceptors (Lipinski definition) is 6. The molecule has 10 nitrogen and oxygen atoms in total. The van der Waals surface area contributed by atoms with Gasteiger partial charge in [-0.15, -0.1) is 0 Å². The topological polar surface area (TPSA) is 133 Å². The Hall–Kier alpha value is -4.61. The van der Waals surface area contributed by atoms with Crippen molar-refractivity contribution in [1.82, 2.24) is 15.2 Å². The van der Waals surface area contributed by atoms with E-state index >= 15 is 0 Å². The maximum absolute atomic E-state index is 13.4. The molecule has 2 fully saturated rings. The van der Waals surface area contributed by atoms with Crippen molar-refractivity contribution in [1.29, 1.82) is 0 Å². The lowest BCUT2D eigenvalue weighted by molar-refractivity contribution is -0.135. The molecule has 44 heavy (non-hydrogen) atoms. The molecule has 2 atom stereocenters. The number of halogens is 1. The lowest BCUT2D eigenvalue weighted by Gasteiger charge is -2.28. The zero-order valence-corrected chi connectivity index (χ0v) is 24.6. The number of morpholine rings is 1. The van der Waals surface area contributed by atoms with E-state index in [9.17, 15) is 23.6 Å². The highest BCUT2D eigenvalue weighted by atomic mass is 19.1. The molecular formula is C33H34FN5O5. The van der Waals surface area contributed by atoms with E-state index in [0.29, 0.717) is 60.9 Å². The molecule has 4 N–H and O–H groups in total. The number of piperidine rings is 1. The summed E-state index contributed by atoms with van der Waals surface area (Å²) in [7, 11) is 0. The van der Waals surface area contributed by atoms with Crippen molar-refractivity contribution in [3.8, 4) is 0 Å². The lowest BCUT2D eigenvalue weighted by Crippen LogP contribution is -2.47. The van der Waals surface area contributed by atoms with Crippen LogP contribution >= 0.6 is 0 Å². The van der Waals surface area contributed by atoms with Crippen molar-refractivity contribution in [2.24, 2.45) is 5.92 Å². The Morgan fingerprint density at radius 1 is 1.07 bits per heavy atom. The zero-order valence-electron chi connectivity index (χ0n) is 24.6. The Kier molecular flexibility index (Phi) is 8.15. The third-order valence-corrected chi connectivity index (χ3v) is 8.65. The predicted molar refractivity (Wildman–Crippen MR) is 163 cm³/mol. The van der Waals surface area contributed by atoms with Crippen molar-refractivity contribution in [3.05, 3.63) is 81.9 Å². The monoisotopic (exact) mass is 599 g/mol. The Labute approximate surface area is 254 Å². The van der Waals surface area contributed by atoms with E-state index in [1.165, 1.54) is 12.1 Å². The number of Topliss-reactive ketones (excluding diaryl/α,β-unsaturated/α-hetero) is 1. The first kappa shape index (κ1) is 29.5. The van der Waals surface area contributed by atoms with Crippen LogP contribution in [-0.2, 0) is 30.3 Å². The van der Waals surface area contributed by atoms with E-state index < -0.39 is 17.7 Å². The molecular weight excluding hydrogens is 565 g/mol. The zero-order chi connectivity index (χ0) is 31.0. The summed E-state index contributed by atoms with van der Waals surface area (Å²) < 4.78 is 18.7. The summed E-state index contributed by atoms with van der Waals surface area (Å²) in [6.07, 6.45) is 2.05. The number of nitrogens with one attached hydrogen (secondary N) is 4. The van der Waals surface area contributed by atoms with Gasteiger partial charge in [-0.25, -0.2) is 4.39 Å². The van der Waals surface area contributed by atoms with Crippen molar-refractivity contribution in [2.45, 2.75) is 26.2 Å². The molecule has 0 bridgehead atoms. The number of rotatable bonds is 6. The minimum Gasteiger partial charge on any atom is -0.378 e. The van der Waals surface area contributed by atoms with Crippen LogP contribution in [-0.4, -0.2) is 72.8 Å². The number of carbonyl (C=O) groups excluding carboxylic acids is 4. The van der Waals surface area contributed by atoms with Gasteiger partial charge < -0.3 is 30.6 Å². The van der Waals surface area contributed by atoms with Gasteiger partial charge in [0, 0.05) is 48.8 Å². The number of H-pyrrole nitrogens is 1. The number of amides is 3. The third-order valence-electron chi connectivity index (χ3n) is 8.65. The van der Waals surface area contributed by atoms with Gasteiger partial charge in [-0.1, -0.05) is 18.2 Å². The largest absolute Gasteiger partial charge is 0.378 e. The number of aromatic amines is 1. The summed E-state index contributed by atoms with van der Waals surface area (Å²) in [4.78, 5) is 57.4. The van der Waals surface area contributed by atoms with Crippen LogP contribution in [0.5, 0.6) is 0 Å². The number of nitrogens with zero attached hydrogens (tertiary/aromatic N) is 1. The van der Waals surface area contributed by atoms with Gasteiger partial charge in [-0.2, -0.15) is 0 Å². The van der Waals surface area contributed by atoms with Crippen LogP contribution in [0, 0.1) is 25.6 Å². The van der Waals surface area contributed by atoms with Gasteiger partial charge in [-0.3, -0.25) is 19.2 Å². The summed E-state index contributed by atoms with van der Waals surface area (Å²) in [6, 6.07) is 10.9. The highest BCUT2D eigenvalue weighted by Crippen LogP contribution is 2.36. The molecule has 3 aliphatic rings. The average Bonchev–Trinajstić information content (AvgIpc) is 3.47. The van der Waals surface area contributed by atoms with Gasteiger partial charge in [-0.05, 0) is 60.9 Å². The molecule has 4 heterocycles. The molecule has 0 saturated carbocycles. The molecule has 1 aromatic heterocycles. The average molecular weight is 600 g/mol. The number of anilines is 2. The summed E-state index contributed by atoms with van der Waals surface area (Å²) >= 11 is 0. The molecule has 2 aromatic carbocycles. The summed E-state index contributed by atoms with van der Waals surface area (Å²) in [5.41, 5.74) is 6.24. The second-order valence-corrected chi connectivity index (χ2v) is 11.4. The molecule has 2 unspecified atom stereocenters. The van der Waals surface area contributed by atoms with Crippen LogP contribution in [0.25, 0.3) is 11.6 Å². The van der Waals surface area contributed by atoms with E-state index in [1.54, 1.807) is 36.4 Å². The lowest BCUT2D eigenvalue weighted by atomic mass is 9.83. The SMILES string of the molecule is Cc1[nH]c(/C=C2\C(=O)Nc3cc(NC(=O)C4CNCC(c5ccc(F)cc5)C4=O)ccc32)c(C)c1CC(=O)N1CCOCC1. The third kappa shape index (κ3) is 5.80. The fraction of sp³-hybridized carbons (Fsp3) is 0.333. The predicted octanol–water partition coefficient (Wildman–Crippen LogP) is 3.18. The van der Waals surface area contributed by atoms with Crippen molar-refractivity contribution in [3.63, 3.8) is 0 Å². The molecule has 3 aromatic rings.